The highest BCUT2D eigenvalue weighted by Gasteiger charge is 2.58. The van der Waals surface area contributed by atoms with E-state index in [2.05, 4.69) is 5.32 Å². The minimum atomic E-state index is -1.60. The van der Waals surface area contributed by atoms with Gasteiger partial charge in [0.05, 0.1) is 5.92 Å². The third-order valence-corrected chi connectivity index (χ3v) is 3.90. The topological polar surface area (TPSA) is 86.7 Å². The molecule has 6 nitrogen and oxygen atoms in total. The molecule has 1 heterocycles. The van der Waals surface area contributed by atoms with Gasteiger partial charge in [0.2, 0.25) is 0 Å². The first-order chi connectivity index (χ1) is 9.31. The van der Waals surface area contributed by atoms with E-state index in [0.29, 0.717) is 10.6 Å². The van der Waals surface area contributed by atoms with Gasteiger partial charge in [0, 0.05) is 12.1 Å². The maximum absolute atomic E-state index is 12.3. The highest BCUT2D eigenvalue weighted by Crippen LogP contribution is 2.40. The molecule has 2 rings (SSSR count). The Kier molecular flexibility index (Phi) is 3.43. The van der Waals surface area contributed by atoms with Gasteiger partial charge in [0.1, 0.15) is 0 Å². The Morgan fingerprint density at radius 2 is 2.10 bits per heavy atom. The highest BCUT2D eigenvalue weighted by molar-refractivity contribution is 6.30. The zero-order valence-electron chi connectivity index (χ0n) is 10.9. The van der Waals surface area contributed by atoms with Gasteiger partial charge in [0.25, 0.3) is 5.91 Å². The van der Waals surface area contributed by atoms with Gasteiger partial charge in [-0.2, -0.15) is 0 Å². The Bertz CT molecular complexity index is 604. The lowest BCUT2D eigenvalue weighted by Crippen LogP contribution is -2.52. The summed E-state index contributed by atoms with van der Waals surface area (Å²) in [5.74, 6) is -2.97. The largest absolute Gasteiger partial charge is 0.481 e. The minimum Gasteiger partial charge on any atom is -0.481 e. The molecule has 1 aliphatic heterocycles. The van der Waals surface area contributed by atoms with Crippen LogP contribution < -0.4 is 5.32 Å². The van der Waals surface area contributed by atoms with Crippen LogP contribution in [0.4, 0.5) is 4.79 Å². The second-order valence-electron chi connectivity index (χ2n) is 4.65. The van der Waals surface area contributed by atoms with E-state index in [1.54, 1.807) is 18.2 Å². The standard InChI is InChI=1S/C13H13ClN2O4/c1-7(10(17)18)13(8-4-3-5-9(14)6-8)11(19)15-12(20)16(13)2/h3-7H,1-2H3,(H,17,18)(H,15,19,20). The lowest BCUT2D eigenvalue weighted by atomic mass is 9.78. The second kappa shape index (κ2) is 4.79. The lowest BCUT2D eigenvalue weighted by Gasteiger charge is -2.36. The van der Waals surface area contributed by atoms with Crippen LogP contribution in [0.15, 0.2) is 24.3 Å². The fraction of sp³-hybridized carbons (Fsp3) is 0.308. The quantitative estimate of drug-likeness (QED) is 0.826. The van der Waals surface area contributed by atoms with Crippen LogP contribution in [0.5, 0.6) is 0 Å². The lowest BCUT2D eigenvalue weighted by molar-refractivity contribution is -0.150. The average molecular weight is 297 g/mol. The van der Waals surface area contributed by atoms with E-state index < -0.39 is 29.4 Å². The van der Waals surface area contributed by atoms with Gasteiger partial charge in [-0.05, 0) is 24.6 Å². The van der Waals surface area contributed by atoms with Crippen molar-refractivity contribution in [1.29, 1.82) is 0 Å². The van der Waals surface area contributed by atoms with Crippen molar-refractivity contribution in [2.24, 2.45) is 5.92 Å². The summed E-state index contributed by atoms with van der Waals surface area (Å²) < 4.78 is 0. The maximum Gasteiger partial charge on any atom is 0.325 e. The number of nitrogens with zero attached hydrogens (tertiary/aromatic N) is 1. The summed E-state index contributed by atoms with van der Waals surface area (Å²) in [6.07, 6.45) is 0. The van der Waals surface area contributed by atoms with E-state index in [4.69, 9.17) is 11.6 Å². The number of urea groups is 1. The number of rotatable bonds is 3. The van der Waals surface area contributed by atoms with Crippen LogP contribution in [-0.4, -0.2) is 35.0 Å². The molecule has 1 aromatic carbocycles. The van der Waals surface area contributed by atoms with Crippen LogP contribution in [-0.2, 0) is 15.1 Å². The van der Waals surface area contributed by atoms with Gasteiger partial charge in [-0.25, -0.2) is 4.79 Å². The second-order valence-corrected chi connectivity index (χ2v) is 5.09. The molecule has 2 unspecified atom stereocenters. The molecule has 7 heteroatoms. The van der Waals surface area contributed by atoms with E-state index in [9.17, 15) is 19.5 Å². The van der Waals surface area contributed by atoms with Crippen LogP contribution >= 0.6 is 11.6 Å². The molecule has 1 aliphatic rings. The maximum atomic E-state index is 12.3. The number of carbonyl (C=O) groups excluding carboxylic acids is 2. The van der Waals surface area contributed by atoms with Crippen molar-refractivity contribution in [1.82, 2.24) is 10.2 Å². The molecule has 0 aliphatic carbocycles. The smallest absolute Gasteiger partial charge is 0.325 e. The molecule has 0 aromatic heterocycles. The van der Waals surface area contributed by atoms with Crippen LogP contribution in [0, 0.1) is 5.92 Å². The van der Waals surface area contributed by atoms with Crippen molar-refractivity contribution in [3.63, 3.8) is 0 Å². The molecule has 1 fully saturated rings. The number of hydrogen-bond acceptors (Lipinski definition) is 3. The minimum absolute atomic E-state index is 0.361. The fourth-order valence-electron chi connectivity index (χ4n) is 2.55. The summed E-state index contributed by atoms with van der Waals surface area (Å²) in [5.41, 5.74) is -1.24. The molecule has 20 heavy (non-hydrogen) atoms. The van der Waals surface area contributed by atoms with Crippen molar-refractivity contribution < 1.29 is 19.5 Å². The van der Waals surface area contributed by atoms with Gasteiger partial charge in [-0.3, -0.25) is 14.9 Å². The number of imide groups is 1. The van der Waals surface area contributed by atoms with E-state index in [-0.39, 0.29) is 0 Å². The number of aliphatic carboxylic acids is 1. The Hall–Kier alpha value is -2.08. The predicted molar refractivity (Wildman–Crippen MR) is 71.2 cm³/mol. The van der Waals surface area contributed by atoms with Gasteiger partial charge in [-0.1, -0.05) is 23.7 Å². The Morgan fingerprint density at radius 1 is 1.45 bits per heavy atom. The third kappa shape index (κ3) is 1.84. The summed E-state index contributed by atoms with van der Waals surface area (Å²) in [7, 11) is 1.39. The molecule has 1 saturated heterocycles. The van der Waals surface area contributed by atoms with E-state index >= 15 is 0 Å². The monoisotopic (exact) mass is 296 g/mol. The predicted octanol–water partition coefficient (Wildman–Crippen LogP) is 1.44. The number of benzene rings is 1. The number of carboxylic acids is 1. The van der Waals surface area contributed by atoms with Crippen LogP contribution in [0.25, 0.3) is 0 Å². The first-order valence-electron chi connectivity index (χ1n) is 5.90. The summed E-state index contributed by atoms with van der Waals surface area (Å²) >= 11 is 5.92. The fourth-order valence-corrected chi connectivity index (χ4v) is 2.75. The van der Waals surface area contributed by atoms with Gasteiger partial charge >= 0.3 is 12.0 Å². The normalized spacial score (nSPS) is 23.6. The molecular weight excluding hydrogens is 284 g/mol. The van der Waals surface area contributed by atoms with Crippen molar-refractivity contribution in [2.45, 2.75) is 12.5 Å². The Labute approximate surface area is 120 Å². The van der Waals surface area contributed by atoms with Crippen molar-refractivity contribution in [2.75, 3.05) is 7.05 Å². The number of amides is 3. The summed E-state index contributed by atoms with van der Waals surface area (Å²) in [6.45, 7) is 1.39. The SMILES string of the molecule is CC(C(=O)O)C1(c2cccc(Cl)c2)C(=O)NC(=O)N1C. The molecule has 0 saturated carbocycles. The molecule has 106 valence electrons. The molecule has 2 atom stereocenters. The number of nitrogens with one attached hydrogen (secondary N) is 1. The molecule has 0 spiro atoms. The van der Waals surface area contributed by atoms with Crippen LogP contribution in [0.3, 0.4) is 0 Å². The molecule has 0 radical (unpaired) electrons. The van der Waals surface area contributed by atoms with E-state index in [0.717, 1.165) is 4.90 Å². The van der Waals surface area contributed by atoms with Crippen molar-refractivity contribution in [3.05, 3.63) is 34.9 Å². The summed E-state index contributed by atoms with van der Waals surface area (Å²) in [4.78, 5) is 36.6. The van der Waals surface area contributed by atoms with Gasteiger partial charge in [-0.15, -0.1) is 0 Å². The number of halogens is 1. The highest BCUT2D eigenvalue weighted by atomic mass is 35.5. The molecule has 3 amide bonds. The molecule has 2 N–H and O–H groups in total. The number of carbonyl (C=O) groups is 3. The molecular formula is C13H13ClN2O4. The Morgan fingerprint density at radius 3 is 2.55 bits per heavy atom. The number of likely N-dealkylation sites (N-methyl/N-ethyl adjacent to an activating group) is 1. The van der Waals surface area contributed by atoms with Crippen molar-refractivity contribution >= 4 is 29.5 Å². The zero-order valence-corrected chi connectivity index (χ0v) is 11.6. The molecule has 0 bridgehead atoms. The van der Waals surface area contributed by atoms with E-state index in [1.165, 1.54) is 20.0 Å². The summed E-state index contributed by atoms with van der Waals surface area (Å²) in [6, 6.07) is 5.66. The third-order valence-electron chi connectivity index (χ3n) is 3.66. The number of hydrogen-bond donors (Lipinski definition) is 2. The summed E-state index contributed by atoms with van der Waals surface area (Å²) in [5, 5.41) is 11.8. The Balaban J connectivity index is 2.71. The van der Waals surface area contributed by atoms with E-state index in [1.807, 2.05) is 0 Å². The number of carboxylic acid groups (broad SMARTS) is 1. The first-order valence-corrected chi connectivity index (χ1v) is 6.27. The first kappa shape index (κ1) is 14.3. The average Bonchev–Trinajstić information content (AvgIpc) is 2.60. The van der Waals surface area contributed by atoms with Crippen molar-refractivity contribution in [3.8, 4) is 0 Å². The zero-order chi connectivity index (χ0) is 15.1. The molecule has 1 aromatic rings. The van der Waals surface area contributed by atoms with Gasteiger partial charge in [0.15, 0.2) is 5.54 Å². The van der Waals surface area contributed by atoms with Crippen LogP contribution in [0.1, 0.15) is 12.5 Å². The van der Waals surface area contributed by atoms with Gasteiger partial charge < -0.3 is 10.0 Å². The van der Waals surface area contributed by atoms with Crippen LogP contribution in [0.2, 0.25) is 5.02 Å².